The lowest BCUT2D eigenvalue weighted by Gasteiger charge is -2.18. The molecule has 1 amide bonds. The van der Waals surface area contributed by atoms with Crippen LogP contribution in [-0.4, -0.2) is 66.4 Å². The zero-order valence-electron chi connectivity index (χ0n) is 14.5. The average Bonchev–Trinajstić information content (AvgIpc) is 3.10. The lowest BCUT2D eigenvalue weighted by Crippen LogP contribution is -2.31. The van der Waals surface area contributed by atoms with E-state index >= 15 is 0 Å². The van der Waals surface area contributed by atoms with Crippen molar-refractivity contribution < 1.29 is 14.3 Å². The van der Waals surface area contributed by atoms with Crippen LogP contribution in [0.2, 0.25) is 0 Å². The Balaban J connectivity index is 1.62. The van der Waals surface area contributed by atoms with Crippen LogP contribution in [0.1, 0.15) is 16.8 Å². The standard InChI is InChI=1S/C17H21N5O3/c1-21(2)14-6-7-15(20-19-14)25-12-8-10-22(11-12)17(23)13-5-4-9-18-16(13)24-3/h4-7,9,12H,8,10-11H2,1-3H3/t12-/m0/s1. The van der Waals surface area contributed by atoms with E-state index in [1.54, 1.807) is 29.3 Å². The van der Waals surface area contributed by atoms with E-state index in [0.29, 0.717) is 30.4 Å². The highest BCUT2D eigenvalue weighted by atomic mass is 16.5. The van der Waals surface area contributed by atoms with Crippen LogP contribution in [0.15, 0.2) is 30.5 Å². The third-order valence-electron chi connectivity index (χ3n) is 4.00. The van der Waals surface area contributed by atoms with Crippen molar-refractivity contribution in [1.82, 2.24) is 20.1 Å². The highest BCUT2D eigenvalue weighted by Gasteiger charge is 2.30. The molecule has 0 bridgehead atoms. The minimum absolute atomic E-state index is 0.105. The summed E-state index contributed by atoms with van der Waals surface area (Å²) >= 11 is 0. The van der Waals surface area contributed by atoms with E-state index in [-0.39, 0.29) is 12.0 Å². The topological polar surface area (TPSA) is 80.7 Å². The molecule has 8 nitrogen and oxygen atoms in total. The molecule has 1 aliphatic heterocycles. The molecule has 0 unspecified atom stereocenters. The molecule has 1 fully saturated rings. The monoisotopic (exact) mass is 343 g/mol. The second-order valence-corrected chi connectivity index (χ2v) is 5.96. The summed E-state index contributed by atoms with van der Waals surface area (Å²) in [6.45, 7) is 1.11. The van der Waals surface area contributed by atoms with Gasteiger partial charge >= 0.3 is 0 Å². The molecule has 2 aromatic heterocycles. The van der Waals surface area contributed by atoms with Crippen molar-refractivity contribution >= 4 is 11.7 Å². The van der Waals surface area contributed by atoms with Gasteiger partial charge in [0.25, 0.3) is 5.91 Å². The summed E-state index contributed by atoms with van der Waals surface area (Å²) in [7, 11) is 5.31. The van der Waals surface area contributed by atoms with Crippen LogP contribution in [0.3, 0.4) is 0 Å². The fraction of sp³-hybridized carbons (Fsp3) is 0.412. The normalized spacial score (nSPS) is 16.6. The molecule has 0 radical (unpaired) electrons. The van der Waals surface area contributed by atoms with Gasteiger partial charge in [0.2, 0.25) is 11.8 Å². The van der Waals surface area contributed by atoms with Crippen LogP contribution >= 0.6 is 0 Å². The minimum Gasteiger partial charge on any atom is -0.480 e. The fourth-order valence-electron chi connectivity index (χ4n) is 2.68. The van der Waals surface area contributed by atoms with Gasteiger partial charge in [-0.25, -0.2) is 4.98 Å². The largest absolute Gasteiger partial charge is 0.480 e. The first-order chi connectivity index (χ1) is 12.1. The summed E-state index contributed by atoms with van der Waals surface area (Å²) in [6.07, 6.45) is 2.23. The average molecular weight is 343 g/mol. The van der Waals surface area contributed by atoms with Crippen molar-refractivity contribution in [2.45, 2.75) is 12.5 Å². The summed E-state index contributed by atoms with van der Waals surface area (Å²) in [5.41, 5.74) is 0.459. The molecule has 0 aromatic carbocycles. The maximum Gasteiger partial charge on any atom is 0.259 e. The summed E-state index contributed by atoms with van der Waals surface area (Å²) < 4.78 is 11.0. The van der Waals surface area contributed by atoms with Crippen molar-refractivity contribution in [3.05, 3.63) is 36.0 Å². The third kappa shape index (κ3) is 3.78. The molecule has 0 aliphatic carbocycles. The molecular weight excluding hydrogens is 322 g/mol. The predicted molar refractivity (Wildman–Crippen MR) is 92.1 cm³/mol. The second-order valence-electron chi connectivity index (χ2n) is 5.96. The van der Waals surface area contributed by atoms with E-state index in [9.17, 15) is 4.79 Å². The summed E-state index contributed by atoms with van der Waals surface area (Å²) in [6, 6.07) is 7.08. The van der Waals surface area contributed by atoms with Gasteiger partial charge in [0.15, 0.2) is 5.82 Å². The molecule has 1 aliphatic rings. The Morgan fingerprint density at radius 2 is 2.12 bits per heavy atom. The van der Waals surface area contributed by atoms with Crippen molar-refractivity contribution in [3.8, 4) is 11.8 Å². The molecule has 1 atom stereocenters. The van der Waals surface area contributed by atoms with Crippen molar-refractivity contribution in [2.75, 3.05) is 39.2 Å². The first-order valence-corrected chi connectivity index (χ1v) is 8.04. The number of rotatable bonds is 5. The van der Waals surface area contributed by atoms with Gasteiger partial charge in [-0.1, -0.05) is 0 Å². The smallest absolute Gasteiger partial charge is 0.259 e. The molecule has 2 aromatic rings. The van der Waals surface area contributed by atoms with Crippen LogP contribution in [0.25, 0.3) is 0 Å². The van der Waals surface area contributed by atoms with E-state index in [0.717, 1.165) is 12.2 Å². The zero-order chi connectivity index (χ0) is 17.8. The molecule has 3 heterocycles. The summed E-state index contributed by atoms with van der Waals surface area (Å²) in [5.74, 6) is 1.45. The minimum atomic E-state index is -0.106. The quantitative estimate of drug-likeness (QED) is 0.808. The van der Waals surface area contributed by atoms with E-state index < -0.39 is 0 Å². The molecular formula is C17H21N5O3. The molecule has 25 heavy (non-hydrogen) atoms. The number of hydrogen-bond donors (Lipinski definition) is 0. The predicted octanol–water partition coefficient (Wildman–Crippen LogP) is 1.24. The van der Waals surface area contributed by atoms with E-state index in [1.807, 2.05) is 25.1 Å². The van der Waals surface area contributed by atoms with E-state index in [4.69, 9.17) is 9.47 Å². The number of ether oxygens (including phenoxy) is 2. The Kier molecular flexibility index (Phi) is 4.97. The lowest BCUT2D eigenvalue weighted by atomic mass is 10.2. The van der Waals surface area contributed by atoms with Crippen molar-refractivity contribution in [2.24, 2.45) is 0 Å². The Labute approximate surface area is 146 Å². The Morgan fingerprint density at radius 3 is 2.80 bits per heavy atom. The number of methoxy groups -OCH3 is 1. The fourth-order valence-corrected chi connectivity index (χ4v) is 2.68. The SMILES string of the molecule is COc1ncccc1C(=O)N1CC[C@H](Oc2ccc(N(C)C)nn2)C1. The van der Waals surface area contributed by atoms with Gasteiger partial charge in [0.1, 0.15) is 11.7 Å². The molecule has 1 saturated heterocycles. The van der Waals surface area contributed by atoms with Gasteiger partial charge in [-0.3, -0.25) is 4.79 Å². The lowest BCUT2D eigenvalue weighted by molar-refractivity contribution is 0.0766. The first kappa shape index (κ1) is 16.9. The third-order valence-corrected chi connectivity index (χ3v) is 4.00. The van der Waals surface area contributed by atoms with Gasteiger partial charge in [0.05, 0.1) is 13.7 Å². The molecule has 0 saturated carbocycles. The van der Waals surface area contributed by atoms with Crippen molar-refractivity contribution in [1.29, 1.82) is 0 Å². The summed E-state index contributed by atoms with van der Waals surface area (Å²) in [5, 5.41) is 8.16. The maximum absolute atomic E-state index is 12.7. The highest BCUT2D eigenvalue weighted by molar-refractivity contribution is 5.96. The van der Waals surface area contributed by atoms with Gasteiger partial charge in [-0.2, -0.15) is 0 Å². The van der Waals surface area contributed by atoms with Crippen LogP contribution in [0.4, 0.5) is 5.82 Å². The highest BCUT2D eigenvalue weighted by Crippen LogP contribution is 2.22. The molecule has 132 valence electrons. The number of aromatic nitrogens is 3. The Bertz CT molecular complexity index is 735. The van der Waals surface area contributed by atoms with E-state index in [2.05, 4.69) is 15.2 Å². The second kappa shape index (κ2) is 7.33. The Hall–Kier alpha value is -2.90. The Morgan fingerprint density at radius 1 is 1.28 bits per heavy atom. The van der Waals surface area contributed by atoms with Crippen LogP contribution in [0, 0.1) is 0 Å². The maximum atomic E-state index is 12.7. The number of likely N-dealkylation sites (tertiary alicyclic amines) is 1. The van der Waals surface area contributed by atoms with E-state index in [1.165, 1.54) is 7.11 Å². The molecule has 0 spiro atoms. The number of amides is 1. The number of carbonyl (C=O) groups excluding carboxylic acids is 1. The van der Waals surface area contributed by atoms with Gasteiger partial charge < -0.3 is 19.3 Å². The van der Waals surface area contributed by atoms with Crippen molar-refractivity contribution in [3.63, 3.8) is 0 Å². The van der Waals surface area contributed by atoms with Crippen LogP contribution in [0.5, 0.6) is 11.8 Å². The van der Waals surface area contributed by atoms with Gasteiger partial charge in [0, 0.05) is 39.3 Å². The van der Waals surface area contributed by atoms with Gasteiger partial charge in [-0.05, 0) is 18.2 Å². The molecule has 8 heteroatoms. The molecule has 3 rings (SSSR count). The number of anilines is 1. The number of pyridine rings is 1. The van der Waals surface area contributed by atoms with Gasteiger partial charge in [-0.15, -0.1) is 10.2 Å². The number of nitrogens with zero attached hydrogens (tertiary/aromatic N) is 5. The van der Waals surface area contributed by atoms with Crippen LogP contribution < -0.4 is 14.4 Å². The van der Waals surface area contributed by atoms with Crippen LogP contribution in [-0.2, 0) is 0 Å². The molecule has 0 N–H and O–H groups in total. The zero-order valence-corrected chi connectivity index (χ0v) is 14.5. The first-order valence-electron chi connectivity index (χ1n) is 8.04. The number of carbonyl (C=O) groups is 1. The summed E-state index contributed by atoms with van der Waals surface area (Å²) in [4.78, 5) is 20.3. The number of hydrogen-bond acceptors (Lipinski definition) is 7.